The van der Waals surface area contributed by atoms with Crippen LogP contribution in [0.3, 0.4) is 0 Å². The molecule has 166 valence electrons. The summed E-state index contributed by atoms with van der Waals surface area (Å²) in [7, 11) is 0. The second-order valence-electron chi connectivity index (χ2n) is 8.08. The summed E-state index contributed by atoms with van der Waals surface area (Å²) in [4.78, 5) is 22.3. The van der Waals surface area contributed by atoms with Gasteiger partial charge in [-0.1, -0.05) is 103 Å². The van der Waals surface area contributed by atoms with Crippen LogP contribution in [0.25, 0.3) is 0 Å². The van der Waals surface area contributed by atoms with Gasteiger partial charge in [-0.2, -0.15) is 0 Å². The number of carbonyl (C=O) groups is 2. The molecule has 4 N–H and O–H groups in total. The van der Waals surface area contributed by atoms with Gasteiger partial charge < -0.3 is 16.2 Å². The third-order valence-electron chi connectivity index (χ3n) is 5.25. The van der Waals surface area contributed by atoms with Crippen molar-refractivity contribution in [1.82, 2.24) is 0 Å². The second-order valence-corrected chi connectivity index (χ2v) is 8.08. The summed E-state index contributed by atoms with van der Waals surface area (Å²) in [6.45, 7) is 2.69. The van der Waals surface area contributed by atoms with Crippen molar-refractivity contribution in [3.63, 3.8) is 0 Å². The van der Waals surface area contributed by atoms with Gasteiger partial charge in [0.25, 0.3) is 0 Å². The van der Waals surface area contributed by atoms with Crippen molar-refractivity contribution in [2.75, 3.05) is 6.61 Å². The number of nitrogens with two attached hydrogens (primary N) is 2. The maximum atomic E-state index is 11.6. The molecule has 0 rings (SSSR count). The lowest BCUT2D eigenvalue weighted by molar-refractivity contribution is -0.145. The number of carbonyl (C=O) groups excluding carboxylic acids is 2. The first-order valence-corrected chi connectivity index (χ1v) is 11.8. The summed E-state index contributed by atoms with van der Waals surface area (Å²) in [6, 6.07) is -0.742. The molecule has 0 aliphatic heterocycles. The number of amides is 1. The summed E-state index contributed by atoms with van der Waals surface area (Å²) in [5.41, 5.74) is 10.7. The molecule has 0 unspecified atom stereocenters. The molecule has 1 amide bonds. The molecule has 0 aliphatic carbocycles. The molecule has 0 fully saturated rings. The first kappa shape index (κ1) is 26.9. The number of hydrogen-bond donors (Lipinski definition) is 2. The van der Waals surface area contributed by atoms with Gasteiger partial charge >= 0.3 is 5.97 Å². The molecular formula is C23H46N2O3. The van der Waals surface area contributed by atoms with Crippen LogP contribution < -0.4 is 11.5 Å². The van der Waals surface area contributed by atoms with Gasteiger partial charge in [-0.3, -0.25) is 9.59 Å². The van der Waals surface area contributed by atoms with E-state index in [1.54, 1.807) is 0 Å². The Morgan fingerprint density at radius 3 is 1.50 bits per heavy atom. The average molecular weight is 399 g/mol. The minimum atomic E-state index is -0.742. The maximum absolute atomic E-state index is 11.6. The fourth-order valence-corrected chi connectivity index (χ4v) is 3.35. The zero-order valence-corrected chi connectivity index (χ0v) is 18.4. The number of esters is 1. The van der Waals surface area contributed by atoms with E-state index in [1.165, 1.54) is 89.9 Å². The second kappa shape index (κ2) is 20.6. The molecule has 0 saturated carbocycles. The summed E-state index contributed by atoms with van der Waals surface area (Å²) in [5.74, 6) is -0.872. The Balaban J connectivity index is 3.21. The molecule has 1 atom stereocenters. The molecule has 0 radical (unpaired) electrons. The summed E-state index contributed by atoms with van der Waals surface area (Å²) in [6.07, 6.45) is 21.5. The van der Waals surface area contributed by atoms with Crippen molar-refractivity contribution in [3.05, 3.63) is 0 Å². The molecule has 0 spiro atoms. The average Bonchev–Trinajstić information content (AvgIpc) is 2.68. The van der Waals surface area contributed by atoms with Gasteiger partial charge in [0, 0.05) is 6.42 Å². The van der Waals surface area contributed by atoms with Crippen LogP contribution in [0.1, 0.15) is 122 Å². The SMILES string of the molecule is CCCCCCCCCCCCCCCCCCOC(=O)[C@H](N)CCC(N)=O. The molecule has 0 aromatic heterocycles. The van der Waals surface area contributed by atoms with Gasteiger partial charge in [-0.15, -0.1) is 0 Å². The predicted molar refractivity (Wildman–Crippen MR) is 117 cm³/mol. The van der Waals surface area contributed by atoms with Crippen LogP contribution in [0.2, 0.25) is 0 Å². The Hall–Kier alpha value is -1.10. The Morgan fingerprint density at radius 1 is 0.714 bits per heavy atom. The highest BCUT2D eigenvalue weighted by atomic mass is 16.5. The minimum Gasteiger partial charge on any atom is -0.465 e. The van der Waals surface area contributed by atoms with E-state index >= 15 is 0 Å². The molecule has 0 heterocycles. The fraction of sp³-hybridized carbons (Fsp3) is 0.913. The molecule has 5 heteroatoms. The van der Waals surface area contributed by atoms with Crippen LogP contribution in [-0.4, -0.2) is 24.5 Å². The normalized spacial score (nSPS) is 12.1. The van der Waals surface area contributed by atoms with Gasteiger partial charge in [0.2, 0.25) is 5.91 Å². The molecule has 0 aromatic carbocycles. The maximum Gasteiger partial charge on any atom is 0.322 e. The van der Waals surface area contributed by atoms with Gasteiger partial charge in [-0.05, 0) is 12.8 Å². The first-order chi connectivity index (χ1) is 13.6. The molecular weight excluding hydrogens is 352 g/mol. The van der Waals surface area contributed by atoms with Crippen LogP contribution in [0, 0.1) is 0 Å². The summed E-state index contributed by atoms with van der Waals surface area (Å²) >= 11 is 0. The predicted octanol–water partition coefficient (Wildman–Crippen LogP) is 5.38. The number of primary amides is 1. The highest BCUT2D eigenvalue weighted by Gasteiger charge is 2.15. The van der Waals surface area contributed by atoms with E-state index in [-0.39, 0.29) is 12.8 Å². The van der Waals surface area contributed by atoms with Gasteiger partial charge in [-0.25, -0.2) is 0 Å². The third-order valence-corrected chi connectivity index (χ3v) is 5.25. The molecule has 28 heavy (non-hydrogen) atoms. The molecule has 0 saturated heterocycles. The molecule has 0 bridgehead atoms. The zero-order chi connectivity index (χ0) is 20.9. The zero-order valence-electron chi connectivity index (χ0n) is 18.4. The van der Waals surface area contributed by atoms with Crippen LogP contribution in [0.15, 0.2) is 0 Å². The van der Waals surface area contributed by atoms with E-state index in [0.29, 0.717) is 6.61 Å². The largest absolute Gasteiger partial charge is 0.465 e. The van der Waals surface area contributed by atoms with E-state index in [4.69, 9.17) is 16.2 Å². The van der Waals surface area contributed by atoms with Gasteiger partial charge in [0.1, 0.15) is 6.04 Å². The Labute approximate surface area is 173 Å². The van der Waals surface area contributed by atoms with E-state index < -0.39 is 17.9 Å². The summed E-state index contributed by atoms with van der Waals surface area (Å²) < 4.78 is 5.14. The van der Waals surface area contributed by atoms with Crippen molar-refractivity contribution in [2.45, 2.75) is 129 Å². The lowest BCUT2D eigenvalue weighted by atomic mass is 10.0. The van der Waals surface area contributed by atoms with Crippen molar-refractivity contribution >= 4 is 11.9 Å². The van der Waals surface area contributed by atoms with E-state index in [1.807, 2.05) is 0 Å². The minimum absolute atomic E-state index is 0.120. The van der Waals surface area contributed by atoms with Crippen LogP contribution >= 0.6 is 0 Å². The monoisotopic (exact) mass is 398 g/mol. The number of rotatable bonds is 21. The van der Waals surface area contributed by atoms with Crippen LogP contribution in [0.4, 0.5) is 0 Å². The fourth-order valence-electron chi connectivity index (χ4n) is 3.35. The van der Waals surface area contributed by atoms with E-state index in [0.717, 1.165) is 12.8 Å². The molecule has 0 aromatic rings. The van der Waals surface area contributed by atoms with Gasteiger partial charge in [0.05, 0.1) is 6.61 Å². The lowest BCUT2D eigenvalue weighted by Crippen LogP contribution is -2.33. The van der Waals surface area contributed by atoms with Crippen LogP contribution in [0.5, 0.6) is 0 Å². The van der Waals surface area contributed by atoms with Crippen molar-refractivity contribution in [2.24, 2.45) is 11.5 Å². The number of ether oxygens (including phenoxy) is 1. The summed E-state index contributed by atoms with van der Waals surface area (Å²) in [5, 5.41) is 0. The number of hydrogen-bond acceptors (Lipinski definition) is 4. The van der Waals surface area contributed by atoms with Crippen molar-refractivity contribution in [3.8, 4) is 0 Å². The first-order valence-electron chi connectivity index (χ1n) is 11.8. The standard InChI is InChI=1S/C23H46N2O3/c1-2-3-4-5-6-7-8-9-10-11-12-13-14-15-16-17-20-28-23(27)21(24)18-19-22(25)26/h21H,2-20,24H2,1H3,(H2,25,26)/t21-/m1/s1. The lowest BCUT2D eigenvalue weighted by Gasteiger charge is -2.10. The molecule has 5 nitrogen and oxygen atoms in total. The van der Waals surface area contributed by atoms with E-state index in [2.05, 4.69) is 6.92 Å². The van der Waals surface area contributed by atoms with Crippen LogP contribution in [-0.2, 0) is 14.3 Å². The Kier molecular flexibility index (Phi) is 19.8. The Bertz CT molecular complexity index is 375. The highest BCUT2D eigenvalue weighted by molar-refractivity contribution is 5.78. The third kappa shape index (κ3) is 19.7. The smallest absolute Gasteiger partial charge is 0.322 e. The van der Waals surface area contributed by atoms with Crippen molar-refractivity contribution < 1.29 is 14.3 Å². The van der Waals surface area contributed by atoms with Gasteiger partial charge in [0.15, 0.2) is 0 Å². The quantitative estimate of drug-likeness (QED) is 0.200. The topological polar surface area (TPSA) is 95.4 Å². The molecule has 0 aliphatic rings. The number of unbranched alkanes of at least 4 members (excludes halogenated alkanes) is 15. The Morgan fingerprint density at radius 2 is 1.11 bits per heavy atom. The van der Waals surface area contributed by atoms with E-state index in [9.17, 15) is 9.59 Å². The van der Waals surface area contributed by atoms with Crippen molar-refractivity contribution in [1.29, 1.82) is 0 Å². The highest BCUT2D eigenvalue weighted by Crippen LogP contribution is 2.13.